The fourth-order valence-electron chi connectivity index (χ4n) is 1.92. The van der Waals surface area contributed by atoms with Crippen LogP contribution in [0.3, 0.4) is 0 Å². The van der Waals surface area contributed by atoms with Gasteiger partial charge in [-0.1, -0.05) is 24.3 Å². The fraction of sp³-hybridized carbons (Fsp3) is 0.188. The first kappa shape index (κ1) is 21.3. The van der Waals surface area contributed by atoms with Crippen molar-refractivity contribution in [2.75, 3.05) is 5.43 Å². The van der Waals surface area contributed by atoms with Crippen molar-refractivity contribution in [1.82, 2.24) is 0 Å². The summed E-state index contributed by atoms with van der Waals surface area (Å²) >= 11 is 0. The number of anilines is 1. The molecule has 1 heterocycles. The lowest BCUT2D eigenvalue weighted by Crippen LogP contribution is -2.42. The standard InChI is InChI=1S/C10H9N3O.C6H8O7/c11-10(14)9-6-5-7-3-1-2-4-8(7)12-13-9;7-3(8)1-6(13,5(11)12)2-4(9)10/h1-6,12H,(H2,11,14);13H,1-2H2,(H,7,8)(H,9,10)(H,11,12). The molecule has 2 rings (SSSR count). The lowest BCUT2D eigenvalue weighted by Gasteiger charge is -2.18. The van der Waals surface area contributed by atoms with Crippen molar-refractivity contribution in [3.63, 3.8) is 0 Å². The molecule has 0 atom stereocenters. The molecule has 7 N–H and O–H groups in total. The number of rotatable bonds is 6. The van der Waals surface area contributed by atoms with Gasteiger partial charge >= 0.3 is 17.9 Å². The molecule has 0 unspecified atom stereocenters. The van der Waals surface area contributed by atoms with Gasteiger partial charge in [0.05, 0.1) is 18.5 Å². The summed E-state index contributed by atoms with van der Waals surface area (Å²) in [5, 5.41) is 37.7. The molecule has 0 radical (unpaired) electrons. The molecular weight excluding hydrogens is 362 g/mol. The van der Waals surface area contributed by atoms with E-state index < -0.39 is 42.3 Å². The SMILES string of the molecule is NC(=O)C1=NNc2ccccc2C=C1.O=C(O)CC(O)(CC(=O)O)C(=O)O. The summed E-state index contributed by atoms with van der Waals surface area (Å²) in [7, 11) is 0. The average molecular weight is 379 g/mol. The fourth-order valence-corrected chi connectivity index (χ4v) is 1.92. The Balaban J connectivity index is 0.000000271. The zero-order valence-electron chi connectivity index (χ0n) is 13.8. The van der Waals surface area contributed by atoms with Crippen molar-refractivity contribution in [2.45, 2.75) is 18.4 Å². The number of aliphatic hydroxyl groups is 1. The topological polar surface area (TPSA) is 200 Å². The number of nitrogens with one attached hydrogen (secondary N) is 1. The van der Waals surface area contributed by atoms with E-state index in [1.54, 1.807) is 12.2 Å². The monoisotopic (exact) mass is 379 g/mol. The Hall–Kier alpha value is -3.73. The van der Waals surface area contributed by atoms with E-state index in [1.165, 1.54) is 0 Å². The number of carbonyl (C=O) groups is 4. The van der Waals surface area contributed by atoms with Crippen molar-refractivity contribution in [3.05, 3.63) is 35.9 Å². The van der Waals surface area contributed by atoms with Crippen molar-refractivity contribution in [2.24, 2.45) is 10.8 Å². The molecule has 11 heteroatoms. The normalized spacial score (nSPS) is 12.3. The second-order valence-electron chi connectivity index (χ2n) is 5.37. The van der Waals surface area contributed by atoms with Crippen LogP contribution in [0.1, 0.15) is 18.4 Å². The molecule has 0 spiro atoms. The van der Waals surface area contributed by atoms with Crippen LogP contribution in [-0.4, -0.2) is 55.6 Å². The third-order valence-corrected chi connectivity index (χ3v) is 3.22. The Morgan fingerprint density at radius 2 is 1.56 bits per heavy atom. The Morgan fingerprint density at radius 3 is 2.04 bits per heavy atom. The van der Waals surface area contributed by atoms with E-state index in [0.717, 1.165) is 11.3 Å². The number of para-hydroxylation sites is 1. The van der Waals surface area contributed by atoms with Gasteiger partial charge in [0.1, 0.15) is 5.71 Å². The number of carboxylic acid groups (broad SMARTS) is 3. The largest absolute Gasteiger partial charge is 0.481 e. The molecule has 0 fully saturated rings. The summed E-state index contributed by atoms with van der Waals surface area (Å²) in [6, 6.07) is 7.62. The van der Waals surface area contributed by atoms with Crippen LogP contribution in [0, 0.1) is 0 Å². The second kappa shape index (κ2) is 9.10. The minimum absolute atomic E-state index is 0.223. The third-order valence-electron chi connectivity index (χ3n) is 3.22. The van der Waals surface area contributed by atoms with Crippen LogP contribution >= 0.6 is 0 Å². The number of aliphatic carboxylic acids is 3. The zero-order chi connectivity index (χ0) is 20.6. The third kappa shape index (κ3) is 6.59. The Kier molecular flexibility index (Phi) is 7.19. The van der Waals surface area contributed by atoms with Gasteiger partial charge in [-0.15, -0.1) is 0 Å². The van der Waals surface area contributed by atoms with Gasteiger partial charge in [0.15, 0.2) is 5.60 Å². The van der Waals surface area contributed by atoms with Gasteiger partial charge in [-0.25, -0.2) is 4.79 Å². The van der Waals surface area contributed by atoms with E-state index in [-0.39, 0.29) is 5.71 Å². The highest BCUT2D eigenvalue weighted by Crippen LogP contribution is 2.18. The highest BCUT2D eigenvalue weighted by molar-refractivity contribution is 6.43. The number of fused-ring (bicyclic) bond motifs is 1. The molecule has 0 aromatic heterocycles. The van der Waals surface area contributed by atoms with Crippen LogP contribution in [0.15, 0.2) is 35.4 Å². The van der Waals surface area contributed by atoms with E-state index in [9.17, 15) is 19.2 Å². The number of carbonyl (C=O) groups excluding carboxylic acids is 1. The average Bonchev–Trinajstić information content (AvgIpc) is 2.76. The van der Waals surface area contributed by atoms with Gasteiger partial charge in [0, 0.05) is 0 Å². The number of benzene rings is 1. The molecule has 144 valence electrons. The first-order valence-corrected chi connectivity index (χ1v) is 7.35. The quantitative estimate of drug-likeness (QED) is 0.384. The molecule has 1 aliphatic rings. The maximum atomic E-state index is 10.9. The maximum absolute atomic E-state index is 10.9. The van der Waals surface area contributed by atoms with Crippen LogP contribution in [-0.2, 0) is 19.2 Å². The molecule has 11 nitrogen and oxygen atoms in total. The van der Waals surface area contributed by atoms with Gasteiger partial charge in [0.2, 0.25) is 0 Å². The lowest BCUT2D eigenvalue weighted by molar-refractivity contribution is -0.170. The van der Waals surface area contributed by atoms with Crippen molar-refractivity contribution >= 4 is 41.3 Å². The molecule has 27 heavy (non-hydrogen) atoms. The Labute approximate surface area is 152 Å². The molecule has 0 bridgehead atoms. The number of nitrogens with zero attached hydrogens (tertiary/aromatic N) is 1. The highest BCUT2D eigenvalue weighted by atomic mass is 16.4. The molecule has 0 saturated carbocycles. The minimum atomic E-state index is -2.74. The van der Waals surface area contributed by atoms with Crippen molar-refractivity contribution in [3.8, 4) is 0 Å². The summed E-state index contributed by atoms with van der Waals surface area (Å²) < 4.78 is 0. The number of hydrogen-bond acceptors (Lipinski definition) is 7. The maximum Gasteiger partial charge on any atom is 0.336 e. The number of hydrazone groups is 1. The zero-order valence-corrected chi connectivity index (χ0v) is 13.8. The molecular formula is C16H17N3O8. The highest BCUT2D eigenvalue weighted by Gasteiger charge is 2.40. The summed E-state index contributed by atoms with van der Waals surface area (Å²) in [6.45, 7) is 0. The van der Waals surface area contributed by atoms with Crippen LogP contribution in [0.5, 0.6) is 0 Å². The van der Waals surface area contributed by atoms with Gasteiger partial charge in [-0.3, -0.25) is 19.8 Å². The number of nitrogens with two attached hydrogens (primary N) is 1. The molecule has 1 aliphatic heterocycles. The van der Waals surface area contributed by atoms with Gasteiger partial charge in [0.25, 0.3) is 5.91 Å². The first-order chi connectivity index (χ1) is 12.5. The van der Waals surface area contributed by atoms with E-state index in [2.05, 4.69) is 10.5 Å². The van der Waals surface area contributed by atoms with Gasteiger partial charge in [-0.2, -0.15) is 5.10 Å². The number of amides is 1. The summed E-state index contributed by atoms with van der Waals surface area (Å²) in [4.78, 5) is 41.3. The Morgan fingerprint density at radius 1 is 1.00 bits per heavy atom. The predicted octanol–water partition coefficient (Wildman–Crippen LogP) is -0.282. The van der Waals surface area contributed by atoms with Crippen LogP contribution < -0.4 is 11.2 Å². The Bertz CT molecular complexity index is 800. The first-order valence-electron chi connectivity index (χ1n) is 7.35. The molecule has 1 aromatic rings. The molecule has 1 aromatic carbocycles. The molecule has 0 aliphatic carbocycles. The van der Waals surface area contributed by atoms with Gasteiger partial charge < -0.3 is 26.2 Å². The smallest absolute Gasteiger partial charge is 0.336 e. The van der Waals surface area contributed by atoms with E-state index in [0.29, 0.717) is 0 Å². The number of hydrogen-bond donors (Lipinski definition) is 6. The predicted molar refractivity (Wildman–Crippen MR) is 92.8 cm³/mol. The summed E-state index contributed by atoms with van der Waals surface area (Å²) in [5.41, 5.74) is 7.22. The van der Waals surface area contributed by atoms with Crippen molar-refractivity contribution < 1.29 is 39.6 Å². The summed E-state index contributed by atoms with van der Waals surface area (Å²) in [5.74, 6) is -5.56. The van der Waals surface area contributed by atoms with Crippen LogP contribution in [0.4, 0.5) is 5.69 Å². The van der Waals surface area contributed by atoms with Gasteiger partial charge in [-0.05, 0) is 17.7 Å². The lowest BCUT2D eigenvalue weighted by atomic mass is 9.96. The van der Waals surface area contributed by atoms with E-state index in [4.69, 9.17) is 26.2 Å². The molecule has 1 amide bonds. The van der Waals surface area contributed by atoms with E-state index >= 15 is 0 Å². The van der Waals surface area contributed by atoms with E-state index in [1.807, 2.05) is 24.3 Å². The van der Waals surface area contributed by atoms with Crippen LogP contribution in [0.2, 0.25) is 0 Å². The molecule has 0 saturated heterocycles. The number of primary amides is 1. The van der Waals surface area contributed by atoms with Crippen molar-refractivity contribution in [1.29, 1.82) is 0 Å². The number of carboxylic acids is 3. The summed E-state index contributed by atoms with van der Waals surface area (Å²) in [6.07, 6.45) is 1.11. The second-order valence-corrected chi connectivity index (χ2v) is 5.37. The minimum Gasteiger partial charge on any atom is -0.481 e. The van der Waals surface area contributed by atoms with Crippen LogP contribution in [0.25, 0.3) is 6.08 Å².